The Morgan fingerprint density at radius 3 is 2.58 bits per heavy atom. The predicted molar refractivity (Wildman–Crippen MR) is 69.0 cm³/mol. The van der Waals surface area contributed by atoms with E-state index in [1.165, 1.54) is 0 Å². The van der Waals surface area contributed by atoms with E-state index in [1.54, 1.807) is 6.07 Å². The molecule has 1 amide bonds. The van der Waals surface area contributed by atoms with E-state index in [0.717, 1.165) is 12.0 Å². The molecular weight excluding hydrogens is 246 g/mol. The van der Waals surface area contributed by atoms with Crippen LogP contribution in [0.25, 0.3) is 0 Å². The van der Waals surface area contributed by atoms with Gasteiger partial charge in [0.15, 0.2) is 6.61 Å². The maximum absolute atomic E-state index is 11.7. The van der Waals surface area contributed by atoms with Gasteiger partial charge in [0, 0.05) is 0 Å². The van der Waals surface area contributed by atoms with Crippen molar-refractivity contribution in [2.45, 2.75) is 31.7 Å². The molecule has 0 bridgehead atoms. The van der Waals surface area contributed by atoms with E-state index in [1.807, 2.05) is 25.1 Å². The SMILES string of the molecule is Cc1ccccc1OCC(=O)NC1(C(=O)O)CCC1. The number of carbonyl (C=O) groups excluding carboxylic acids is 1. The number of aliphatic carboxylic acids is 1. The Kier molecular flexibility index (Phi) is 3.74. The number of aryl methyl sites for hydroxylation is 1. The minimum Gasteiger partial charge on any atom is -0.484 e. The van der Waals surface area contributed by atoms with E-state index >= 15 is 0 Å². The van der Waals surface area contributed by atoms with Crippen LogP contribution < -0.4 is 10.1 Å². The van der Waals surface area contributed by atoms with Gasteiger partial charge in [0.05, 0.1) is 0 Å². The lowest BCUT2D eigenvalue weighted by Crippen LogP contribution is -2.59. The Balaban J connectivity index is 1.89. The molecule has 0 radical (unpaired) electrons. The van der Waals surface area contributed by atoms with Gasteiger partial charge in [-0.2, -0.15) is 0 Å². The van der Waals surface area contributed by atoms with Crippen LogP contribution in [0.2, 0.25) is 0 Å². The average Bonchev–Trinajstić information content (AvgIpc) is 2.32. The minimum atomic E-state index is -1.08. The Morgan fingerprint density at radius 2 is 2.05 bits per heavy atom. The van der Waals surface area contributed by atoms with Crippen LogP contribution in [0.1, 0.15) is 24.8 Å². The highest BCUT2D eigenvalue weighted by Gasteiger charge is 2.45. The van der Waals surface area contributed by atoms with Crippen molar-refractivity contribution >= 4 is 11.9 Å². The maximum atomic E-state index is 11.7. The second-order valence-electron chi connectivity index (χ2n) is 4.84. The minimum absolute atomic E-state index is 0.167. The number of ether oxygens (including phenoxy) is 1. The number of carboxylic acids is 1. The molecule has 0 aliphatic heterocycles. The van der Waals surface area contributed by atoms with Crippen LogP contribution in [0.15, 0.2) is 24.3 Å². The molecule has 0 atom stereocenters. The fourth-order valence-corrected chi connectivity index (χ4v) is 2.09. The van der Waals surface area contributed by atoms with E-state index in [9.17, 15) is 9.59 Å². The largest absolute Gasteiger partial charge is 0.484 e. The highest BCUT2D eigenvalue weighted by molar-refractivity contribution is 5.88. The van der Waals surface area contributed by atoms with Crippen molar-refractivity contribution in [3.8, 4) is 5.75 Å². The summed E-state index contributed by atoms with van der Waals surface area (Å²) in [5.74, 6) is -0.732. The molecule has 0 spiro atoms. The molecule has 5 nitrogen and oxygen atoms in total. The van der Waals surface area contributed by atoms with E-state index in [-0.39, 0.29) is 6.61 Å². The van der Waals surface area contributed by atoms with Gasteiger partial charge in [-0.1, -0.05) is 18.2 Å². The molecule has 0 saturated heterocycles. The number of rotatable bonds is 5. The summed E-state index contributed by atoms with van der Waals surface area (Å²) in [6.45, 7) is 1.72. The van der Waals surface area contributed by atoms with Gasteiger partial charge in [-0.15, -0.1) is 0 Å². The third-order valence-electron chi connectivity index (χ3n) is 3.45. The number of nitrogens with one attached hydrogen (secondary N) is 1. The molecule has 1 aromatic rings. The van der Waals surface area contributed by atoms with Crippen molar-refractivity contribution in [2.24, 2.45) is 0 Å². The van der Waals surface area contributed by atoms with E-state index in [0.29, 0.717) is 18.6 Å². The Bertz CT molecular complexity index is 494. The van der Waals surface area contributed by atoms with Gasteiger partial charge in [0.1, 0.15) is 11.3 Å². The summed E-state index contributed by atoms with van der Waals surface area (Å²) in [6, 6.07) is 7.37. The predicted octanol–water partition coefficient (Wildman–Crippen LogP) is 1.50. The molecule has 0 unspecified atom stereocenters. The van der Waals surface area contributed by atoms with Crippen molar-refractivity contribution in [1.29, 1.82) is 0 Å². The Labute approximate surface area is 111 Å². The zero-order valence-electron chi connectivity index (χ0n) is 10.8. The van der Waals surface area contributed by atoms with E-state index < -0.39 is 17.4 Å². The van der Waals surface area contributed by atoms with Crippen LogP contribution in [0, 0.1) is 6.92 Å². The van der Waals surface area contributed by atoms with Gasteiger partial charge in [-0.3, -0.25) is 4.79 Å². The van der Waals surface area contributed by atoms with Crippen LogP contribution in [0.3, 0.4) is 0 Å². The Hall–Kier alpha value is -2.04. The number of benzene rings is 1. The van der Waals surface area contributed by atoms with Gasteiger partial charge >= 0.3 is 5.97 Å². The average molecular weight is 263 g/mol. The van der Waals surface area contributed by atoms with Crippen LogP contribution >= 0.6 is 0 Å². The number of carbonyl (C=O) groups is 2. The first-order chi connectivity index (χ1) is 9.03. The van der Waals surface area contributed by atoms with Crippen LogP contribution in [0.4, 0.5) is 0 Å². The van der Waals surface area contributed by atoms with Gasteiger partial charge in [0.25, 0.3) is 5.91 Å². The molecule has 1 aliphatic rings. The lowest BCUT2D eigenvalue weighted by molar-refractivity contribution is -0.152. The molecule has 5 heteroatoms. The maximum Gasteiger partial charge on any atom is 0.329 e. The molecule has 1 aromatic carbocycles. The molecule has 1 saturated carbocycles. The van der Waals surface area contributed by atoms with Crippen LogP contribution in [-0.2, 0) is 9.59 Å². The number of hydrogen-bond acceptors (Lipinski definition) is 3. The van der Waals surface area contributed by atoms with Gasteiger partial charge in [-0.05, 0) is 37.8 Å². The van der Waals surface area contributed by atoms with Crippen LogP contribution in [0.5, 0.6) is 5.75 Å². The van der Waals surface area contributed by atoms with Crippen molar-refractivity contribution in [3.63, 3.8) is 0 Å². The number of para-hydroxylation sites is 1. The highest BCUT2D eigenvalue weighted by atomic mass is 16.5. The smallest absolute Gasteiger partial charge is 0.329 e. The number of amides is 1. The van der Waals surface area contributed by atoms with Crippen molar-refractivity contribution < 1.29 is 19.4 Å². The van der Waals surface area contributed by atoms with Crippen LogP contribution in [-0.4, -0.2) is 29.1 Å². The topological polar surface area (TPSA) is 75.6 Å². The zero-order chi connectivity index (χ0) is 13.9. The molecule has 102 valence electrons. The first kappa shape index (κ1) is 13.4. The van der Waals surface area contributed by atoms with E-state index in [4.69, 9.17) is 9.84 Å². The first-order valence-electron chi connectivity index (χ1n) is 6.26. The summed E-state index contributed by atoms with van der Waals surface area (Å²) in [6.07, 6.45) is 1.79. The molecule has 2 rings (SSSR count). The lowest BCUT2D eigenvalue weighted by atomic mass is 9.77. The van der Waals surface area contributed by atoms with Gasteiger partial charge in [0.2, 0.25) is 0 Å². The third kappa shape index (κ3) is 2.86. The molecule has 1 fully saturated rings. The normalized spacial score (nSPS) is 16.3. The summed E-state index contributed by atoms with van der Waals surface area (Å²) in [7, 11) is 0. The quantitative estimate of drug-likeness (QED) is 0.844. The summed E-state index contributed by atoms with van der Waals surface area (Å²) < 4.78 is 5.39. The molecule has 2 N–H and O–H groups in total. The van der Waals surface area contributed by atoms with Gasteiger partial charge < -0.3 is 15.2 Å². The van der Waals surface area contributed by atoms with Crippen molar-refractivity contribution in [1.82, 2.24) is 5.32 Å². The summed E-state index contributed by atoms with van der Waals surface area (Å²) in [5.41, 5.74) is -0.140. The second-order valence-corrected chi connectivity index (χ2v) is 4.84. The fourth-order valence-electron chi connectivity index (χ4n) is 2.09. The molecule has 0 aromatic heterocycles. The van der Waals surface area contributed by atoms with Gasteiger partial charge in [-0.25, -0.2) is 4.79 Å². The zero-order valence-corrected chi connectivity index (χ0v) is 10.8. The molecule has 1 aliphatic carbocycles. The Morgan fingerprint density at radius 1 is 1.37 bits per heavy atom. The molecule has 0 heterocycles. The lowest BCUT2D eigenvalue weighted by Gasteiger charge is -2.38. The fraction of sp³-hybridized carbons (Fsp3) is 0.429. The van der Waals surface area contributed by atoms with Crippen molar-refractivity contribution in [3.05, 3.63) is 29.8 Å². The first-order valence-corrected chi connectivity index (χ1v) is 6.26. The number of hydrogen-bond donors (Lipinski definition) is 2. The summed E-state index contributed by atoms with van der Waals surface area (Å²) in [4.78, 5) is 22.9. The monoisotopic (exact) mass is 263 g/mol. The third-order valence-corrected chi connectivity index (χ3v) is 3.45. The standard InChI is InChI=1S/C14H17NO4/c1-10-5-2-3-6-11(10)19-9-12(16)15-14(13(17)18)7-4-8-14/h2-3,5-6H,4,7-9H2,1H3,(H,15,16)(H,17,18). The highest BCUT2D eigenvalue weighted by Crippen LogP contribution is 2.31. The summed E-state index contributed by atoms with van der Waals surface area (Å²) in [5, 5.41) is 11.7. The molecular formula is C14H17NO4. The van der Waals surface area contributed by atoms with E-state index in [2.05, 4.69) is 5.32 Å². The van der Waals surface area contributed by atoms with Crippen molar-refractivity contribution in [2.75, 3.05) is 6.61 Å². The second kappa shape index (κ2) is 5.30. The molecule has 19 heavy (non-hydrogen) atoms. The number of carboxylic acid groups (broad SMARTS) is 1. The summed E-state index contributed by atoms with van der Waals surface area (Å²) >= 11 is 0.